The molecule has 152 valence electrons. The molecular weight excluding hydrogens is 443 g/mol. The van der Waals surface area contributed by atoms with Crippen LogP contribution in [0.25, 0.3) is 0 Å². The van der Waals surface area contributed by atoms with Crippen LogP contribution in [0.1, 0.15) is 76.3 Å². The fourth-order valence-corrected chi connectivity index (χ4v) is 3.33. The molecule has 0 spiro atoms. The fourth-order valence-electron chi connectivity index (χ4n) is 3.33. The Morgan fingerprint density at radius 2 is 1.81 bits per heavy atom. The smallest absolute Gasteiger partial charge is 0.191 e. The third kappa shape index (κ3) is 7.82. The Balaban J connectivity index is 0.00000625. The van der Waals surface area contributed by atoms with Gasteiger partial charge in [0.1, 0.15) is 5.76 Å². The molecule has 0 saturated heterocycles. The molecule has 1 unspecified atom stereocenters. The summed E-state index contributed by atoms with van der Waals surface area (Å²) in [5, 5.41) is 21.4. The van der Waals surface area contributed by atoms with Gasteiger partial charge in [-0.2, -0.15) is 0 Å². The fraction of sp³-hybridized carbons (Fsp3) is 0.789. The van der Waals surface area contributed by atoms with Gasteiger partial charge < -0.3 is 20.3 Å². The monoisotopic (exact) mass is 480 g/mol. The van der Waals surface area contributed by atoms with E-state index in [0.29, 0.717) is 6.54 Å². The zero-order chi connectivity index (χ0) is 18.9. The Kier molecular flexibility index (Phi) is 12.1. The van der Waals surface area contributed by atoms with Crippen molar-refractivity contribution in [1.82, 2.24) is 15.8 Å². The summed E-state index contributed by atoms with van der Waals surface area (Å²) in [4.78, 5) is 4.63. The molecule has 1 aromatic rings. The van der Waals surface area contributed by atoms with E-state index in [2.05, 4.69) is 41.6 Å². The van der Waals surface area contributed by atoms with E-state index in [1.165, 1.54) is 0 Å². The first-order chi connectivity index (χ1) is 11.9. The van der Waals surface area contributed by atoms with Crippen molar-refractivity contribution in [2.75, 3.05) is 19.6 Å². The summed E-state index contributed by atoms with van der Waals surface area (Å²) in [7, 11) is 0. The molecule has 26 heavy (non-hydrogen) atoms. The summed E-state index contributed by atoms with van der Waals surface area (Å²) in [6.07, 6.45) is 3.47. The summed E-state index contributed by atoms with van der Waals surface area (Å²) >= 11 is 0. The molecule has 0 radical (unpaired) electrons. The summed E-state index contributed by atoms with van der Waals surface area (Å²) in [5.41, 5.74) is 1.38. The molecule has 0 aliphatic rings. The second-order valence-electron chi connectivity index (χ2n) is 6.94. The number of aromatic nitrogens is 1. The Hall–Kier alpha value is -0.830. The number of guanidine groups is 1. The van der Waals surface area contributed by atoms with Crippen LogP contribution in [0.5, 0.6) is 0 Å². The highest BCUT2D eigenvalue weighted by atomic mass is 127. The molecule has 0 fully saturated rings. The van der Waals surface area contributed by atoms with Crippen molar-refractivity contribution in [1.29, 1.82) is 0 Å². The zero-order valence-corrected chi connectivity index (χ0v) is 19.5. The Labute approximate surface area is 175 Å². The van der Waals surface area contributed by atoms with Crippen LogP contribution in [0.3, 0.4) is 0 Å². The number of aliphatic imine (C=N–C) groups is 1. The molecule has 3 N–H and O–H groups in total. The highest BCUT2D eigenvalue weighted by Gasteiger charge is 2.24. The first kappa shape index (κ1) is 25.2. The van der Waals surface area contributed by atoms with Crippen molar-refractivity contribution in [2.45, 2.75) is 78.7 Å². The lowest BCUT2D eigenvalue weighted by Gasteiger charge is -2.26. The number of nitrogens with zero attached hydrogens (tertiary/aromatic N) is 2. The highest BCUT2D eigenvalue weighted by molar-refractivity contribution is 14.0. The number of rotatable bonds is 10. The van der Waals surface area contributed by atoms with Gasteiger partial charge in [-0.1, -0.05) is 38.8 Å². The third-order valence-electron chi connectivity index (χ3n) is 4.46. The van der Waals surface area contributed by atoms with E-state index in [0.717, 1.165) is 61.7 Å². The number of hydrogen-bond acceptors (Lipinski definition) is 4. The van der Waals surface area contributed by atoms with Crippen molar-refractivity contribution in [2.24, 2.45) is 4.99 Å². The van der Waals surface area contributed by atoms with Gasteiger partial charge in [0.05, 0.1) is 17.8 Å². The molecule has 0 aromatic carbocycles. The van der Waals surface area contributed by atoms with E-state index >= 15 is 0 Å². The average Bonchev–Trinajstić information content (AvgIpc) is 2.89. The lowest BCUT2D eigenvalue weighted by Crippen LogP contribution is -2.41. The average molecular weight is 480 g/mol. The number of aryl methyl sites for hydroxylation is 2. The molecule has 0 aliphatic heterocycles. The van der Waals surface area contributed by atoms with E-state index < -0.39 is 5.60 Å². The van der Waals surface area contributed by atoms with Crippen LogP contribution in [0.2, 0.25) is 0 Å². The largest absolute Gasteiger partial charge is 0.388 e. The van der Waals surface area contributed by atoms with Gasteiger partial charge in [-0.3, -0.25) is 4.99 Å². The Morgan fingerprint density at radius 3 is 2.27 bits per heavy atom. The third-order valence-corrected chi connectivity index (χ3v) is 4.46. The van der Waals surface area contributed by atoms with Crippen LogP contribution >= 0.6 is 24.0 Å². The van der Waals surface area contributed by atoms with Crippen LogP contribution in [0, 0.1) is 13.8 Å². The van der Waals surface area contributed by atoms with Crippen LogP contribution in [0.4, 0.5) is 0 Å². The van der Waals surface area contributed by atoms with E-state index in [4.69, 9.17) is 4.52 Å². The van der Waals surface area contributed by atoms with Gasteiger partial charge in [0, 0.05) is 24.6 Å². The minimum atomic E-state index is -0.709. The number of hydrogen-bond donors (Lipinski definition) is 3. The standard InChI is InChI=1S/C19H36N4O2.HI/c1-7-10-19(24,11-8-2)13-22-18(20-9-3)21-12-14(4)17-15(5)23-25-16(17)6;/h14,24H,7-13H2,1-6H3,(H2,20,21,22);1H. The van der Waals surface area contributed by atoms with Gasteiger partial charge in [0.2, 0.25) is 0 Å². The van der Waals surface area contributed by atoms with Gasteiger partial charge in [-0.15, -0.1) is 24.0 Å². The van der Waals surface area contributed by atoms with Crippen LogP contribution in [-0.4, -0.2) is 41.5 Å². The molecule has 1 rings (SSSR count). The summed E-state index contributed by atoms with van der Waals surface area (Å²) in [5.74, 6) is 1.88. The van der Waals surface area contributed by atoms with Gasteiger partial charge in [-0.25, -0.2) is 0 Å². The van der Waals surface area contributed by atoms with Gasteiger partial charge in [0.25, 0.3) is 0 Å². The molecule has 0 aliphatic carbocycles. The number of halogens is 1. The predicted octanol–water partition coefficient (Wildman–Crippen LogP) is 3.90. The molecular formula is C19H37IN4O2. The second kappa shape index (κ2) is 12.5. The van der Waals surface area contributed by atoms with Crippen molar-refractivity contribution in [3.63, 3.8) is 0 Å². The van der Waals surface area contributed by atoms with Crippen LogP contribution in [-0.2, 0) is 0 Å². The molecule has 1 aromatic heterocycles. The van der Waals surface area contributed by atoms with E-state index in [1.54, 1.807) is 0 Å². The first-order valence-corrected chi connectivity index (χ1v) is 9.54. The molecule has 0 amide bonds. The van der Waals surface area contributed by atoms with E-state index in [9.17, 15) is 5.11 Å². The minimum absolute atomic E-state index is 0. The zero-order valence-electron chi connectivity index (χ0n) is 17.2. The summed E-state index contributed by atoms with van der Waals surface area (Å²) in [6, 6.07) is 0. The van der Waals surface area contributed by atoms with Crippen molar-refractivity contribution < 1.29 is 9.63 Å². The summed E-state index contributed by atoms with van der Waals surface area (Å²) < 4.78 is 5.26. The highest BCUT2D eigenvalue weighted by Crippen LogP contribution is 2.22. The van der Waals surface area contributed by atoms with Crippen molar-refractivity contribution in [3.05, 3.63) is 17.0 Å². The van der Waals surface area contributed by atoms with Gasteiger partial charge >= 0.3 is 0 Å². The second-order valence-corrected chi connectivity index (χ2v) is 6.94. The molecule has 0 bridgehead atoms. The molecule has 6 nitrogen and oxygen atoms in total. The number of nitrogens with one attached hydrogen (secondary N) is 2. The maximum absolute atomic E-state index is 10.7. The van der Waals surface area contributed by atoms with Gasteiger partial charge in [0.15, 0.2) is 5.96 Å². The molecule has 7 heteroatoms. The molecule has 0 saturated carbocycles. The number of aliphatic hydroxyl groups is 1. The van der Waals surface area contributed by atoms with Crippen molar-refractivity contribution in [3.8, 4) is 0 Å². The predicted molar refractivity (Wildman–Crippen MR) is 119 cm³/mol. The first-order valence-electron chi connectivity index (χ1n) is 9.54. The van der Waals surface area contributed by atoms with Crippen LogP contribution in [0.15, 0.2) is 9.52 Å². The lowest BCUT2D eigenvalue weighted by molar-refractivity contribution is 0.0306. The topological polar surface area (TPSA) is 82.7 Å². The van der Waals surface area contributed by atoms with Gasteiger partial charge in [-0.05, 0) is 33.6 Å². The Bertz CT molecular complexity index is 520. The lowest BCUT2D eigenvalue weighted by atomic mass is 9.93. The Morgan fingerprint density at radius 1 is 1.19 bits per heavy atom. The maximum atomic E-state index is 10.7. The summed E-state index contributed by atoms with van der Waals surface area (Å²) in [6.45, 7) is 14.2. The molecule has 1 atom stereocenters. The van der Waals surface area contributed by atoms with E-state index in [-0.39, 0.29) is 29.9 Å². The SMILES string of the molecule is CCCC(O)(CCC)CN=C(NCC)NCC(C)c1c(C)noc1C.I. The normalized spacial score (nSPS) is 13.3. The minimum Gasteiger partial charge on any atom is -0.388 e. The molecule has 1 heterocycles. The van der Waals surface area contributed by atoms with Crippen molar-refractivity contribution >= 4 is 29.9 Å². The van der Waals surface area contributed by atoms with E-state index in [1.807, 2.05) is 20.8 Å². The maximum Gasteiger partial charge on any atom is 0.191 e. The quantitative estimate of drug-likeness (QED) is 0.269. The van der Waals surface area contributed by atoms with Crippen LogP contribution < -0.4 is 10.6 Å².